The van der Waals surface area contributed by atoms with Gasteiger partial charge in [0.25, 0.3) is 5.91 Å². The summed E-state index contributed by atoms with van der Waals surface area (Å²) >= 11 is 11.5. The molecule has 0 bridgehead atoms. The Labute approximate surface area is 155 Å². The molecular weight excluding hydrogens is 399 g/mol. The first-order chi connectivity index (χ1) is 12.2. The van der Waals surface area contributed by atoms with Crippen molar-refractivity contribution in [3.8, 4) is 0 Å². The fraction of sp³-hybridized carbons (Fsp3) is 0.267. The summed E-state index contributed by atoms with van der Waals surface area (Å²) in [6.07, 6.45) is -3.02. The van der Waals surface area contributed by atoms with E-state index in [2.05, 4.69) is 20.6 Å². The smallest absolute Gasteiger partial charge is 0.369 e. The fourth-order valence-electron chi connectivity index (χ4n) is 1.95. The van der Waals surface area contributed by atoms with Gasteiger partial charge < -0.3 is 10.6 Å². The van der Waals surface area contributed by atoms with Crippen LogP contribution < -0.4 is 10.6 Å². The van der Waals surface area contributed by atoms with Gasteiger partial charge in [-0.15, -0.1) is 0 Å². The molecule has 0 aliphatic heterocycles. The number of nitrogens with zero attached hydrogens (tertiary/aromatic N) is 2. The van der Waals surface area contributed by atoms with Crippen LogP contribution in [0.2, 0.25) is 10.3 Å². The predicted molar refractivity (Wildman–Crippen MR) is 88.9 cm³/mol. The number of rotatable bonds is 6. The maximum absolute atomic E-state index is 13.5. The Balaban J connectivity index is 1.82. The first kappa shape index (κ1) is 20.2. The van der Waals surface area contributed by atoms with E-state index in [4.69, 9.17) is 23.2 Å². The number of benzene rings is 1. The van der Waals surface area contributed by atoms with E-state index in [0.29, 0.717) is 30.9 Å². The topological polar surface area (TPSA) is 66.9 Å². The highest BCUT2D eigenvalue weighted by atomic mass is 35.5. The first-order valence-corrected chi connectivity index (χ1v) is 8.01. The number of aromatic nitrogens is 2. The molecule has 0 radical (unpaired) electrons. The molecule has 1 heterocycles. The second kappa shape index (κ2) is 8.50. The third kappa shape index (κ3) is 5.43. The fourth-order valence-corrected chi connectivity index (χ4v) is 2.25. The van der Waals surface area contributed by atoms with Gasteiger partial charge in [-0.05, 0) is 36.2 Å². The molecule has 2 rings (SSSR count). The predicted octanol–water partition coefficient (Wildman–Crippen LogP) is 4.17. The minimum atomic E-state index is -4.81. The summed E-state index contributed by atoms with van der Waals surface area (Å²) in [5, 5.41) is 5.67. The van der Waals surface area contributed by atoms with Gasteiger partial charge >= 0.3 is 6.18 Å². The number of carbonyl (C=O) groups excluding carboxylic acids is 1. The lowest BCUT2D eigenvalue weighted by molar-refractivity contribution is -0.140. The van der Waals surface area contributed by atoms with E-state index in [9.17, 15) is 22.4 Å². The summed E-state index contributed by atoms with van der Waals surface area (Å²) in [6, 6.07) is 2.01. The van der Waals surface area contributed by atoms with Crippen molar-refractivity contribution in [3.63, 3.8) is 0 Å². The van der Waals surface area contributed by atoms with Crippen molar-refractivity contribution < 1.29 is 22.4 Å². The highest BCUT2D eigenvalue weighted by molar-refractivity contribution is 6.33. The van der Waals surface area contributed by atoms with Gasteiger partial charge in [0.1, 0.15) is 16.7 Å². The SMILES string of the molecule is O=C(NCCCNc1nc(Cl)ncc1Cl)c1ccc(C(F)(F)F)c(F)c1. The molecule has 11 heteroatoms. The first-order valence-electron chi connectivity index (χ1n) is 7.25. The van der Waals surface area contributed by atoms with Gasteiger partial charge in [-0.25, -0.2) is 9.37 Å². The van der Waals surface area contributed by atoms with Crippen LogP contribution in [0.4, 0.5) is 23.4 Å². The molecule has 2 N–H and O–H groups in total. The standard InChI is InChI=1S/C15H12Cl2F4N4O/c16-10-7-24-14(17)25-12(10)22-4-1-5-23-13(26)8-2-3-9(11(18)6-8)15(19,20)21/h2-3,6-7H,1,4-5H2,(H,23,26)(H,22,24,25). The zero-order chi connectivity index (χ0) is 19.3. The number of hydrogen-bond acceptors (Lipinski definition) is 4. The van der Waals surface area contributed by atoms with E-state index in [1.54, 1.807) is 0 Å². The Bertz CT molecular complexity index is 802. The van der Waals surface area contributed by atoms with Crippen LogP contribution in [-0.2, 0) is 6.18 Å². The van der Waals surface area contributed by atoms with E-state index in [1.807, 2.05) is 0 Å². The monoisotopic (exact) mass is 410 g/mol. The Kier molecular flexibility index (Phi) is 6.60. The Morgan fingerprint density at radius 3 is 2.58 bits per heavy atom. The van der Waals surface area contributed by atoms with Gasteiger partial charge in [0.15, 0.2) is 0 Å². The molecule has 140 valence electrons. The van der Waals surface area contributed by atoms with Crippen molar-refractivity contribution in [1.82, 2.24) is 15.3 Å². The van der Waals surface area contributed by atoms with E-state index in [1.165, 1.54) is 6.20 Å². The van der Waals surface area contributed by atoms with Crippen LogP contribution >= 0.6 is 23.2 Å². The molecule has 0 fully saturated rings. The third-order valence-electron chi connectivity index (χ3n) is 3.18. The molecule has 0 aliphatic rings. The van der Waals surface area contributed by atoms with Crippen molar-refractivity contribution in [1.29, 1.82) is 0 Å². The number of anilines is 1. The van der Waals surface area contributed by atoms with Gasteiger partial charge in [0, 0.05) is 18.7 Å². The Morgan fingerprint density at radius 1 is 1.19 bits per heavy atom. The minimum Gasteiger partial charge on any atom is -0.369 e. The molecule has 0 atom stereocenters. The lowest BCUT2D eigenvalue weighted by atomic mass is 10.1. The van der Waals surface area contributed by atoms with Crippen LogP contribution in [0, 0.1) is 5.82 Å². The normalized spacial score (nSPS) is 11.3. The summed E-state index contributed by atoms with van der Waals surface area (Å²) in [5.41, 5.74) is -1.62. The van der Waals surface area contributed by atoms with Crippen molar-refractivity contribution in [2.75, 3.05) is 18.4 Å². The summed E-state index contributed by atoms with van der Waals surface area (Å²) in [5.74, 6) is -1.84. The molecular formula is C15H12Cl2F4N4O. The zero-order valence-electron chi connectivity index (χ0n) is 13.0. The molecule has 0 saturated heterocycles. The molecule has 0 aliphatic carbocycles. The van der Waals surface area contributed by atoms with E-state index in [0.717, 1.165) is 6.07 Å². The number of carbonyl (C=O) groups is 1. The molecule has 26 heavy (non-hydrogen) atoms. The van der Waals surface area contributed by atoms with Crippen LogP contribution in [0.5, 0.6) is 0 Å². The molecule has 1 amide bonds. The molecule has 0 spiro atoms. The number of halogens is 6. The Morgan fingerprint density at radius 2 is 1.92 bits per heavy atom. The van der Waals surface area contributed by atoms with Crippen LogP contribution in [0.15, 0.2) is 24.4 Å². The lowest BCUT2D eigenvalue weighted by Crippen LogP contribution is -2.26. The average molecular weight is 411 g/mol. The van der Waals surface area contributed by atoms with E-state index in [-0.39, 0.29) is 22.4 Å². The maximum atomic E-state index is 13.5. The second-order valence-electron chi connectivity index (χ2n) is 5.06. The summed E-state index contributed by atoms with van der Waals surface area (Å²) in [4.78, 5) is 19.4. The number of amides is 1. The van der Waals surface area contributed by atoms with Crippen LogP contribution in [0.25, 0.3) is 0 Å². The van der Waals surface area contributed by atoms with Crippen molar-refractivity contribution in [2.24, 2.45) is 0 Å². The Hall–Kier alpha value is -2.13. The minimum absolute atomic E-state index is 0.0227. The number of nitrogens with one attached hydrogen (secondary N) is 2. The molecule has 0 unspecified atom stereocenters. The highest BCUT2D eigenvalue weighted by Crippen LogP contribution is 2.31. The van der Waals surface area contributed by atoms with Crippen molar-refractivity contribution in [3.05, 3.63) is 51.6 Å². The maximum Gasteiger partial charge on any atom is 0.419 e. The third-order valence-corrected chi connectivity index (χ3v) is 3.64. The van der Waals surface area contributed by atoms with Gasteiger partial charge in [-0.3, -0.25) is 4.79 Å². The second-order valence-corrected chi connectivity index (χ2v) is 5.81. The van der Waals surface area contributed by atoms with Crippen LogP contribution in [-0.4, -0.2) is 29.0 Å². The summed E-state index contributed by atoms with van der Waals surface area (Å²) in [7, 11) is 0. The molecule has 2 aromatic rings. The number of hydrogen-bond donors (Lipinski definition) is 2. The quantitative estimate of drug-likeness (QED) is 0.426. The van der Waals surface area contributed by atoms with Crippen molar-refractivity contribution >= 4 is 34.9 Å². The molecule has 1 aromatic carbocycles. The van der Waals surface area contributed by atoms with Crippen LogP contribution in [0.3, 0.4) is 0 Å². The molecule has 1 aromatic heterocycles. The van der Waals surface area contributed by atoms with E-state index >= 15 is 0 Å². The lowest BCUT2D eigenvalue weighted by Gasteiger charge is -2.10. The number of alkyl halides is 3. The van der Waals surface area contributed by atoms with Gasteiger partial charge in [-0.2, -0.15) is 18.2 Å². The van der Waals surface area contributed by atoms with Gasteiger partial charge in [0.2, 0.25) is 5.28 Å². The highest BCUT2D eigenvalue weighted by Gasteiger charge is 2.34. The summed E-state index contributed by atoms with van der Waals surface area (Å²) < 4.78 is 50.9. The van der Waals surface area contributed by atoms with Crippen molar-refractivity contribution in [2.45, 2.75) is 12.6 Å². The largest absolute Gasteiger partial charge is 0.419 e. The van der Waals surface area contributed by atoms with Gasteiger partial charge in [0.05, 0.1) is 11.8 Å². The van der Waals surface area contributed by atoms with E-state index < -0.39 is 23.5 Å². The molecule has 5 nitrogen and oxygen atoms in total. The summed E-state index contributed by atoms with van der Waals surface area (Å²) in [6.45, 7) is 0.583. The molecule has 0 saturated carbocycles. The zero-order valence-corrected chi connectivity index (χ0v) is 14.5. The van der Waals surface area contributed by atoms with Gasteiger partial charge in [-0.1, -0.05) is 11.6 Å². The van der Waals surface area contributed by atoms with Crippen LogP contribution in [0.1, 0.15) is 22.3 Å². The average Bonchev–Trinajstić information content (AvgIpc) is 2.56.